The van der Waals surface area contributed by atoms with Crippen molar-refractivity contribution in [2.45, 2.75) is 18.4 Å². The molecule has 0 saturated carbocycles. The highest BCUT2D eigenvalue weighted by atomic mass is 32.2. The SMILES string of the molecule is CNS(=O)(=O)c1cc(N)ccc1N(C)Cc1csc(C)n1. The highest BCUT2D eigenvalue weighted by molar-refractivity contribution is 7.89. The fourth-order valence-corrected chi connectivity index (χ4v) is 3.59. The number of anilines is 2. The molecule has 2 rings (SSSR count). The summed E-state index contributed by atoms with van der Waals surface area (Å²) in [5.41, 5.74) is 7.62. The lowest BCUT2D eigenvalue weighted by Gasteiger charge is -2.21. The molecule has 0 atom stereocenters. The summed E-state index contributed by atoms with van der Waals surface area (Å²) in [5.74, 6) is 0. The Bertz CT molecular complexity index is 740. The van der Waals surface area contributed by atoms with Gasteiger partial charge in [0.25, 0.3) is 0 Å². The highest BCUT2D eigenvalue weighted by Gasteiger charge is 2.20. The van der Waals surface area contributed by atoms with Gasteiger partial charge in [-0.05, 0) is 32.2 Å². The second-order valence-corrected chi connectivity index (χ2v) is 7.57. The van der Waals surface area contributed by atoms with Crippen molar-refractivity contribution in [1.29, 1.82) is 0 Å². The molecule has 2 aromatic rings. The van der Waals surface area contributed by atoms with Gasteiger partial charge in [0.15, 0.2) is 0 Å². The monoisotopic (exact) mass is 326 g/mol. The van der Waals surface area contributed by atoms with Crippen molar-refractivity contribution in [3.05, 3.63) is 34.3 Å². The van der Waals surface area contributed by atoms with E-state index in [0.717, 1.165) is 10.7 Å². The molecular formula is C13H18N4O2S2. The van der Waals surface area contributed by atoms with Gasteiger partial charge < -0.3 is 10.6 Å². The molecule has 6 nitrogen and oxygen atoms in total. The molecule has 0 spiro atoms. The zero-order valence-corrected chi connectivity index (χ0v) is 13.8. The van der Waals surface area contributed by atoms with Crippen LogP contribution in [0.2, 0.25) is 0 Å². The summed E-state index contributed by atoms with van der Waals surface area (Å²) in [5, 5.41) is 2.95. The number of aromatic nitrogens is 1. The summed E-state index contributed by atoms with van der Waals surface area (Å²) < 4.78 is 26.6. The van der Waals surface area contributed by atoms with Gasteiger partial charge in [-0.25, -0.2) is 18.1 Å². The number of sulfonamides is 1. The van der Waals surface area contributed by atoms with E-state index < -0.39 is 10.0 Å². The van der Waals surface area contributed by atoms with Crippen LogP contribution in [0.4, 0.5) is 11.4 Å². The maximum absolute atomic E-state index is 12.1. The van der Waals surface area contributed by atoms with E-state index in [1.807, 2.05) is 24.3 Å². The molecule has 0 radical (unpaired) electrons. The van der Waals surface area contributed by atoms with Crippen molar-refractivity contribution in [1.82, 2.24) is 9.71 Å². The first-order chi connectivity index (χ1) is 9.83. The van der Waals surface area contributed by atoms with Gasteiger partial charge in [0.05, 0.1) is 22.9 Å². The second-order valence-electron chi connectivity index (χ2n) is 4.65. The van der Waals surface area contributed by atoms with Crippen molar-refractivity contribution in [2.24, 2.45) is 0 Å². The van der Waals surface area contributed by atoms with Crippen molar-refractivity contribution in [3.8, 4) is 0 Å². The summed E-state index contributed by atoms with van der Waals surface area (Å²) in [6.45, 7) is 2.47. The third kappa shape index (κ3) is 3.52. The Morgan fingerprint density at radius 2 is 2.14 bits per heavy atom. The van der Waals surface area contributed by atoms with Crippen LogP contribution in [0.25, 0.3) is 0 Å². The molecule has 21 heavy (non-hydrogen) atoms. The number of nitrogen functional groups attached to an aromatic ring is 1. The normalized spacial score (nSPS) is 11.6. The van der Waals surface area contributed by atoms with Gasteiger partial charge in [-0.2, -0.15) is 0 Å². The zero-order valence-electron chi connectivity index (χ0n) is 12.1. The minimum absolute atomic E-state index is 0.166. The number of nitrogens with two attached hydrogens (primary N) is 1. The molecule has 0 unspecified atom stereocenters. The molecule has 114 valence electrons. The Labute approximate surface area is 128 Å². The van der Waals surface area contributed by atoms with Crippen LogP contribution < -0.4 is 15.4 Å². The van der Waals surface area contributed by atoms with E-state index in [9.17, 15) is 8.42 Å². The summed E-state index contributed by atoms with van der Waals surface area (Å²) in [4.78, 5) is 6.40. The van der Waals surface area contributed by atoms with Crippen LogP contribution in [0.3, 0.4) is 0 Å². The van der Waals surface area contributed by atoms with Crippen LogP contribution in [0.15, 0.2) is 28.5 Å². The van der Waals surface area contributed by atoms with Gasteiger partial charge in [0.1, 0.15) is 4.90 Å². The number of nitrogens with one attached hydrogen (secondary N) is 1. The lowest BCUT2D eigenvalue weighted by molar-refractivity contribution is 0.588. The summed E-state index contributed by atoms with van der Waals surface area (Å²) in [6.07, 6.45) is 0. The first-order valence-electron chi connectivity index (χ1n) is 6.28. The number of rotatable bonds is 5. The summed E-state index contributed by atoms with van der Waals surface area (Å²) in [7, 11) is -0.364. The number of hydrogen-bond donors (Lipinski definition) is 2. The van der Waals surface area contributed by atoms with Gasteiger partial charge in [0.2, 0.25) is 10.0 Å². The Balaban J connectivity index is 2.39. The van der Waals surface area contributed by atoms with E-state index in [4.69, 9.17) is 5.73 Å². The summed E-state index contributed by atoms with van der Waals surface area (Å²) >= 11 is 1.57. The molecule has 0 fully saturated rings. The molecule has 1 heterocycles. The lowest BCUT2D eigenvalue weighted by atomic mass is 10.2. The van der Waals surface area contributed by atoms with Crippen LogP contribution in [0, 0.1) is 6.92 Å². The number of hydrogen-bond acceptors (Lipinski definition) is 6. The van der Waals surface area contributed by atoms with Crippen molar-refractivity contribution in [2.75, 3.05) is 24.7 Å². The van der Waals surface area contributed by atoms with Crippen LogP contribution in [-0.4, -0.2) is 27.5 Å². The van der Waals surface area contributed by atoms with E-state index in [1.165, 1.54) is 13.1 Å². The number of aryl methyl sites for hydroxylation is 1. The van der Waals surface area contributed by atoms with E-state index in [0.29, 0.717) is 17.9 Å². The minimum atomic E-state index is -3.57. The molecule has 1 aromatic heterocycles. The van der Waals surface area contributed by atoms with Gasteiger partial charge in [-0.15, -0.1) is 11.3 Å². The van der Waals surface area contributed by atoms with Crippen LogP contribution in [-0.2, 0) is 16.6 Å². The van der Waals surface area contributed by atoms with Crippen LogP contribution >= 0.6 is 11.3 Å². The molecule has 0 aliphatic rings. The van der Waals surface area contributed by atoms with Crippen molar-refractivity contribution >= 4 is 32.7 Å². The molecule has 1 aromatic carbocycles. The highest BCUT2D eigenvalue weighted by Crippen LogP contribution is 2.27. The average molecular weight is 326 g/mol. The topological polar surface area (TPSA) is 88.3 Å². The largest absolute Gasteiger partial charge is 0.399 e. The van der Waals surface area contributed by atoms with Crippen molar-refractivity contribution in [3.63, 3.8) is 0 Å². The molecule has 0 aliphatic heterocycles. The standard InChI is InChI=1S/C13H18N4O2S2/c1-9-16-11(8-20-9)7-17(3)12-5-4-10(14)6-13(12)21(18,19)15-2/h4-6,8,15H,7,14H2,1-3H3. The number of benzene rings is 1. The quantitative estimate of drug-likeness (QED) is 0.814. The molecule has 0 amide bonds. The predicted molar refractivity (Wildman–Crippen MR) is 86.1 cm³/mol. The third-order valence-corrected chi connectivity index (χ3v) is 5.28. The van der Waals surface area contributed by atoms with E-state index in [-0.39, 0.29) is 4.90 Å². The summed E-state index contributed by atoms with van der Waals surface area (Å²) in [6, 6.07) is 4.86. The van der Waals surface area contributed by atoms with E-state index >= 15 is 0 Å². The molecular weight excluding hydrogens is 308 g/mol. The molecule has 8 heteroatoms. The Morgan fingerprint density at radius 3 is 2.71 bits per heavy atom. The Morgan fingerprint density at radius 1 is 1.43 bits per heavy atom. The second kappa shape index (κ2) is 6.00. The van der Waals surface area contributed by atoms with Gasteiger partial charge in [-0.1, -0.05) is 0 Å². The Hall–Kier alpha value is -1.64. The first-order valence-corrected chi connectivity index (χ1v) is 8.65. The Kier molecular flexibility index (Phi) is 4.50. The van der Waals surface area contributed by atoms with Gasteiger partial charge >= 0.3 is 0 Å². The lowest BCUT2D eigenvalue weighted by Crippen LogP contribution is -2.24. The zero-order chi connectivity index (χ0) is 15.6. The molecule has 0 aliphatic carbocycles. The van der Waals surface area contributed by atoms with Gasteiger partial charge in [0, 0.05) is 18.1 Å². The molecule has 0 saturated heterocycles. The fraction of sp³-hybridized carbons (Fsp3) is 0.308. The molecule has 3 N–H and O–H groups in total. The molecule has 0 bridgehead atoms. The maximum atomic E-state index is 12.1. The van der Waals surface area contributed by atoms with Crippen LogP contribution in [0.1, 0.15) is 10.7 Å². The predicted octanol–water partition coefficient (Wildman–Crippen LogP) is 1.58. The van der Waals surface area contributed by atoms with E-state index in [2.05, 4.69) is 9.71 Å². The number of thiazole rings is 1. The smallest absolute Gasteiger partial charge is 0.242 e. The maximum Gasteiger partial charge on any atom is 0.242 e. The van der Waals surface area contributed by atoms with Crippen LogP contribution in [0.5, 0.6) is 0 Å². The van der Waals surface area contributed by atoms with Gasteiger partial charge in [-0.3, -0.25) is 0 Å². The van der Waals surface area contributed by atoms with E-state index in [1.54, 1.807) is 23.5 Å². The first kappa shape index (κ1) is 15.7. The van der Waals surface area contributed by atoms with Crippen molar-refractivity contribution < 1.29 is 8.42 Å². The third-order valence-electron chi connectivity index (χ3n) is 3.02. The fourth-order valence-electron chi connectivity index (χ4n) is 1.98. The minimum Gasteiger partial charge on any atom is -0.399 e. The number of nitrogens with zero attached hydrogens (tertiary/aromatic N) is 2. The average Bonchev–Trinajstić information content (AvgIpc) is 2.83.